The Kier molecular flexibility index (Phi) is 23.2. The molecule has 60 heavy (non-hydrogen) atoms. The van der Waals surface area contributed by atoms with Gasteiger partial charge in [-0.15, -0.1) is 0 Å². The van der Waals surface area contributed by atoms with E-state index >= 15 is 0 Å². The SMILES string of the molecule is CC(=O)NC(C)C(C)(C)C.CC(=O)Nc1ccc(C(=O)NCC(C)(C)C)cc1.CC(=O)Nc1ccc(CC(C)(C)C)cc1.CC(=O)Nc1ccc(CC=CC(C)(C)C)cc1. The highest BCUT2D eigenvalue weighted by Crippen LogP contribution is 2.22. The number of nitrogens with one attached hydrogen (secondary N) is 5. The van der Waals surface area contributed by atoms with Gasteiger partial charge in [-0.2, -0.15) is 0 Å². The highest BCUT2D eigenvalue weighted by Gasteiger charge is 2.20. The number of carbonyl (C=O) groups is 5. The van der Waals surface area contributed by atoms with E-state index in [9.17, 15) is 24.0 Å². The van der Waals surface area contributed by atoms with Crippen LogP contribution in [-0.2, 0) is 32.0 Å². The van der Waals surface area contributed by atoms with Gasteiger partial charge in [0.25, 0.3) is 5.91 Å². The summed E-state index contributed by atoms with van der Waals surface area (Å²) in [4.78, 5) is 54.9. The fourth-order valence-electron chi connectivity index (χ4n) is 4.87. The molecule has 3 aromatic carbocycles. The number of benzene rings is 3. The molecule has 0 radical (unpaired) electrons. The minimum Gasteiger partial charge on any atom is -0.353 e. The average Bonchev–Trinajstić information content (AvgIpc) is 3.07. The van der Waals surface area contributed by atoms with Gasteiger partial charge in [-0.3, -0.25) is 24.0 Å². The quantitative estimate of drug-likeness (QED) is 0.136. The summed E-state index contributed by atoms with van der Waals surface area (Å²) in [6.45, 7) is 34.4. The summed E-state index contributed by atoms with van der Waals surface area (Å²) >= 11 is 0. The smallest absolute Gasteiger partial charge is 0.251 e. The standard InChI is InChI=1S/C15H21NO.C14H20N2O2.C13H19NO.C8H17NO/c1-12(17)16-14-9-7-13(8-10-14)6-5-11-15(2,3)4;1-10(17)16-12-7-5-11(6-8-12)13(18)15-9-14(2,3)4;1-10(15)14-12-7-5-11(6-8-12)9-13(2,3)4;1-6(8(3,4)5)9-7(2)10/h5,7-11H,6H2,1-4H3,(H,16,17);5-8H,9H2,1-4H3,(H,15,18)(H,16,17);5-8H,9H2,1-4H3,(H,14,15);6H,1-5H3,(H,9,10). The number of anilines is 3. The van der Waals surface area contributed by atoms with Crippen molar-refractivity contribution in [2.45, 2.75) is 137 Å². The van der Waals surface area contributed by atoms with E-state index in [4.69, 9.17) is 0 Å². The van der Waals surface area contributed by atoms with Gasteiger partial charge in [0.05, 0.1) is 0 Å². The molecular formula is C50H77N5O5. The highest BCUT2D eigenvalue weighted by molar-refractivity contribution is 5.95. The molecule has 0 aliphatic rings. The lowest BCUT2D eigenvalue weighted by atomic mass is 9.88. The maximum atomic E-state index is 11.8. The maximum absolute atomic E-state index is 11.8. The number of rotatable bonds is 9. The summed E-state index contributed by atoms with van der Waals surface area (Å²) in [5.74, 6) is -0.245. The molecule has 0 aliphatic heterocycles. The van der Waals surface area contributed by atoms with Crippen LogP contribution in [0.5, 0.6) is 0 Å². The molecule has 332 valence electrons. The number of allylic oxidation sites excluding steroid dienone is 2. The Morgan fingerprint density at radius 1 is 0.533 bits per heavy atom. The molecule has 0 saturated heterocycles. The normalized spacial score (nSPS) is 11.8. The van der Waals surface area contributed by atoms with Crippen molar-refractivity contribution in [1.82, 2.24) is 10.6 Å². The second kappa shape index (κ2) is 25.4. The summed E-state index contributed by atoms with van der Waals surface area (Å²) in [5, 5.41) is 13.9. The molecule has 5 amide bonds. The van der Waals surface area contributed by atoms with Gasteiger partial charge >= 0.3 is 0 Å². The Hall–Kier alpha value is -5.25. The molecule has 0 aromatic heterocycles. The predicted molar refractivity (Wildman–Crippen MR) is 252 cm³/mol. The van der Waals surface area contributed by atoms with Crippen LogP contribution >= 0.6 is 0 Å². The monoisotopic (exact) mass is 828 g/mol. The third-order valence-electron chi connectivity index (χ3n) is 8.22. The first kappa shape index (κ1) is 54.8. The minimum absolute atomic E-state index is 0.0291. The van der Waals surface area contributed by atoms with Crippen molar-refractivity contribution >= 4 is 46.6 Å². The van der Waals surface area contributed by atoms with Crippen LogP contribution in [0.1, 0.15) is 139 Å². The van der Waals surface area contributed by atoms with Crippen LogP contribution in [0, 0.1) is 21.7 Å². The van der Waals surface area contributed by atoms with Crippen molar-refractivity contribution in [3.8, 4) is 0 Å². The zero-order chi connectivity index (χ0) is 46.5. The highest BCUT2D eigenvalue weighted by atomic mass is 16.2. The van der Waals surface area contributed by atoms with Gasteiger partial charge in [-0.05, 0) is 101 Å². The van der Waals surface area contributed by atoms with Crippen molar-refractivity contribution < 1.29 is 24.0 Å². The van der Waals surface area contributed by atoms with Gasteiger partial charge in [0, 0.05) is 62.9 Å². The van der Waals surface area contributed by atoms with E-state index in [0.717, 1.165) is 24.2 Å². The van der Waals surface area contributed by atoms with Crippen molar-refractivity contribution in [2.75, 3.05) is 22.5 Å². The first-order valence-corrected chi connectivity index (χ1v) is 20.7. The lowest BCUT2D eigenvalue weighted by Crippen LogP contribution is -2.40. The van der Waals surface area contributed by atoms with Gasteiger partial charge in [0.15, 0.2) is 0 Å². The third kappa shape index (κ3) is 29.9. The van der Waals surface area contributed by atoms with Gasteiger partial charge < -0.3 is 26.6 Å². The summed E-state index contributed by atoms with van der Waals surface area (Å²) in [5.41, 5.74) is 6.30. The molecule has 3 rings (SSSR count). The summed E-state index contributed by atoms with van der Waals surface area (Å²) in [6.07, 6.45) is 6.38. The molecule has 1 unspecified atom stereocenters. The van der Waals surface area contributed by atoms with E-state index < -0.39 is 0 Å². The van der Waals surface area contributed by atoms with Crippen molar-refractivity contribution in [2.24, 2.45) is 21.7 Å². The molecule has 0 fully saturated rings. The summed E-state index contributed by atoms with van der Waals surface area (Å²) in [6, 6.07) is 23.0. The molecule has 1 atom stereocenters. The Balaban J connectivity index is 0.000000789. The summed E-state index contributed by atoms with van der Waals surface area (Å²) in [7, 11) is 0. The zero-order valence-electron chi connectivity index (χ0n) is 39.8. The van der Waals surface area contributed by atoms with E-state index in [2.05, 4.69) is 134 Å². The molecule has 0 saturated carbocycles. The third-order valence-corrected chi connectivity index (χ3v) is 8.22. The summed E-state index contributed by atoms with van der Waals surface area (Å²) < 4.78 is 0. The molecule has 5 N–H and O–H groups in total. The van der Waals surface area contributed by atoms with Crippen LogP contribution in [0.3, 0.4) is 0 Å². The lowest BCUT2D eigenvalue weighted by Gasteiger charge is -2.27. The van der Waals surface area contributed by atoms with Crippen LogP contribution in [0.4, 0.5) is 17.1 Å². The second-order valence-electron chi connectivity index (χ2n) is 19.8. The Morgan fingerprint density at radius 2 is 0.917 bits per heavy atom. The number of carbonyl (C=O) groups excluding carboxylic acids is 5. The zero-order valence-corrected chi connectivity index (χ0v) is 39.8. The fraction of sp³-hybridized carbons (Fsp3) is 0.500. The number of hydrogen-bond donors (Lipinski definition) is 5. The van der Waals surface area contributed by atoms with Gasteiger partial charge in [0.2, 0.25) is 23.6 Å². The Morgan fingerprint density at radius 3 is 1.22 bits per heavy atom. The molecule has 0 aliphatic carbocycles. The number of amides is 5. The van der Waals surface area contributed by atoms with E-state index in [0.29, 0.717) is 23.2 Å². The molecule has 10 heteroatoms. The average molecular weight is 828 g/mol. The van der Waals surface area contributed by atoms with Crippen LogP contribution in [0.15, 0.2) is 84.9 Å². The van der Waals surface area contributed by atoms with Gasteiger partial charge in [-0.1, -0.05) is 120 Å². The Bertz CT molecular complexity index is 1800. The molecule has 0 heterocycles. The van der Waals surface area contributed by atoms with Crippen molar-refractivity contribution in [1.29, 1.82) is 0 Å². The predicted octanol–water partition coefficient (Wildman–Crippen LogP) is 11.0. The molecule has 3 aromatic rings. The van der Waals surface area contributed by atoms with Crippen LogP contribution in [0.25, 0.3) is 0 Å². The first-order valence-electron chi connectivity index (χ1n) is 20.7. The molecule has 0 bridgehead atoms. The number of hydrogen-bond acceptors (Lipinski definition) is 5. The van der Waals surface area contributed by atoms with Crippen molar-refractivity contribution in [3.63, 3.8) is 0 Å². The molecule has 10 nitrogen and oxygen atoms in total. The topological polar surface area (TPSA) is 146 Å². The maximum Gasteiger partial charge on any atom is 0.251 e. The van der Waals surface area contributed by atoms with Crippen molar-refractivity contribution in [3.05, 3.63) is 102 Å². The van der Waals surface area contributed by atoms with Crippen LogP contribution in [-0.4, -0.2) is 42.1 Å². The van der Waals surface area contributed by atoms with E-state index in [1.807, 2.05) is 43.3 Å². The molecular weight excluding hydrogens is 751 g/mol. The second-order valence-corrected chi connectivity index (χ2v) is 19.8. The van der Waals surface area contributed by atoms with Gasteiger partial charge in [0.1, 0.15) is 0 Å². The largest absolute Gasteiger partial charge is 0.353 e. The molecule has 0 spiro atoms. The Labute approximate surface area is 362 Å². The minimum atomic E-state index is -0.125. The van der Waals surface area contributed by atoms with Gasteiger partial charge in [-0.25, -0.2) is 0 Å². The van der Waals surface area contributed by atoms with Crippen LogP contribution < -0.4 is 26.6 Å². The van der Waals surface area contributed by atoms with E-state index in [1.165, 1.54) is 31.9 Å². The van der Waals surface area contributed by atoms with E-state index in [-0.39, 0.29) is 51.8 Å². The lowest BCUT2D eigenvalue weighted by molar-refractivity contribution is -0.120. The fourth-order valence-corrected chi connectivity index (χ4v) is 4.87. The first-order chi connectivity index (χ1) is 27.3. The van der Waals surface area contributed by atoms with E-state index in [1.54, 1.807) is 31.2 Å². The van der Waals surface area contributed by atoms with Crippen LogP contribution in [0.2, 0.25) is 0 Å².